The Balaban J connectivity index is 2.98. The molecule has 0 saturated carbocycles. The molecular weight excluding hydrogens is 136 g/mol. The van der Waals surface area contributed by atoms with Crippen LogP contribution in [0.3, 0.4) is 0 Å². The van der Waals surface area contributed by atoms with E-state index in [1.807, 2.05) is 0 Å². The van der Waals surface area contributed by atoms with Crippen LogP contribution in [-0.4, -0.2) is 14.3 Å². The summed E-state index contributed by atoms with van der Waals surface area (Å²) in [5, 5.41) is 0. The van der Waals surface area contributed by atoms with Crippen LogP contribution in [0.2, 0.25) is 0 Å². The molecule has 2 nitrogen and oxygen atoms in total. The van der Waals surface area contributed by atoms with Gasteiger partial charge >= 0.3 is 0 Å². The Kier molecular flexibility index (Phi) is 4.55. The predicted molar refractivity (Wildman–Crippen MR) is 30.0 cm³/mol. The molecule has 0 aromatic heterocycles. The minimum absolute atomic E-state index is 0.378. The number of alkyl halides is 1. The minimum atomic E-state index is -2.32. The average molecular weight is 142 g/mol. The van der Waals surface area contributed by atoms with Crippen LogP contribution in [0.25, 0.3) is 0 Å². The molecule has 0 N–H and O–H groups in total. The molecule has 0 aromatic rings. The van der Waals surface area contributed by atoms with E-state index in [2.05, 4.69) is 0 Å². The molecule has 0 bridgehead atoms. The molecule has 0 rings (SSSR count). The van der Waals surface area contributed by atoms with Gasteiger partial charge in [0.25, 0.3) is 0 Å². The quantitative estimate of drug-likeness (QED) is 0.456. The van der Waals surface area contributed by atoms with Gasteiger partial charge in [0.2, 0.25) is 0 Å². The first kappa shape index (κ1) is 7.24. The van der Waals surface area contributed by atoms with E-state index in [0.29, 0.717) is 12.3 Å². The smallest absolute Gasteiger partial charge is 0.144 e. The summed E-state index contributed by atoms with van der Waals surface area (Å²) in [5.41, 5.74) is 0. The second-order valence-corrected chi connectivity index (χ2v) is 2.26. The first-order valence-corrected chi connectivity index (χ1v) is 3.58. The molecule has 7 heavy (non-hydrogen) atoms. The van der Waals surface area contributed by atoms with Gasteiger partial charge in [-0.2, -0.15) is 0 Å². The SMILES string of the molecule is O=[SH](=O)[CH]CCCl. The molecule has 0 aromatic carbocycles. The Hall–Kier alpha value is 0.240. The van der Waals surface area contributed by atoms with Crippen molar-refractivity contribution >= 4 is 22.3 Å². The highest BCUT2D eigenvalue weighted by Gasteiger charge is 1.83. The van der Waals surface area contributed by atoms with Crippen molar-refractivity contribution in [3.8, 4) is 0 Å². The fraction of sp³-hybridized carbons (Fsp3) is 0.667. The van der Waals surface area contributed by atoms with Gasteiger partial charge in [-0.05, 0) is 6.42 Å². The maximum atomic E-state index is 9.68. The lowest BCUT2D eigenvalue weighted by Gasteiger charge is -1.78. The highest BCUT2D eigenvalue weighted by Crippen LogP contribution is 1.88. The van der Waals surface area contributed by atoms with Crippen molar-refractivity contribution in [2.45, 2.75) is 6.42 Å². The summed E-state index contributed by atoms with van der Waals surface area (Å²) < 4.78 is 19.4. The second-order valence-electron chi connectivity index (χ2n) is 0.946. The van der Waals surface area contributed by atoms with Crippen LogP contribution in [0.1, 0.15) is 6.42 Å². The van der Waals surface area contributed by atoms with E-state index in [1.54, 1.807) is 0 Å². The van der Waals surface area contributed by atoms with Gasteiger partial charge in [0, 0.05) is 5.88 Å². The molecular formula is C3H6ClO2S. The number of thiol groups is 1. The Morgan fingerprint density at radius 2 is 2.14 bits per heavy atom. The van der Waals surface area contributed by atoms with Crippen LogP contribution in [0.4, 0.5) is 0 Å². The van der Waals surface area contributed by atoms with Crippen molar-refractivity contribution < 1.29 is 8.42 Å². The second kappa shape index (κ2) is 4.40. The van der Waals surface area contributed by atoms with Gasteiger partial charge in [-0.3, -0.25) is 0 Å². The molecule has 0 fully saturated rings. The first-order valence-electron chi connectivity index (χ1n) is 1.80. The largest absolute Gasteiger partial charge is 0.232 e. The molecule has 0 aliphatic rings. The summed E-state index contributed by atoms with van der Waals surface area (Å²) in [5.74, 6) is 1.55. The van der Waals surface area contributed by atoms with E-state index in [9.17, 15) is 8.42 Å². The van der Waals surface area contributed by atoms with Crippen LogP contribution in [0.15, 0.2) is 0 Å². The maximum Gasteiger partial charge on any atom is 0.144 e. The van der Waals surface area contributed by atoms with Gasteiger partial charge in [0.1, 0.15) is 10.7 Å². The van der Waals surface area contributed by atoms with Crippen molar-refractivity contribution in [3.63, 3.8) is 0 Å². The van der Waals surface area contributed by atoms with Gasteiger partial charge in [-0.25, -0.2) is 8.42 Å². The summed E-state index contributed by atoms with van der Waals surface area (Å²) in [6, 6.07) is 0. The summed E-state index contributed by atoms with van der Waals surface area (Å²) in [6.45, 7) is 0. The lowest BCUT2D eigenvalue weighted by Crippen LogP contribution is -1.78. The molecule has 0 aliphatic carbocycles. The van der Waals surface area contributed by atoms with Gasteiger partial charge in [-0.1, -0.05) is 0 Å². The van der Waals surface area contributed by atoms with E-state index >= 15 is 0 Å². The van der Waals surface area contributed by atoms with Gasteiger partial charge in [0.15, 0.2) is 0 Å². The Labute approximate surface area is 49.4 Å². The van der Waals surface area contributed by atoms with Crippen LogP contribution in [0, 0.1) is 5.75 Å². The Bertz CT molecular complexity index is 91.1. The summed E-state index contributed by atoms with van der Waals surface area (Å²) in [4.78, 5) is 0. The van der Waals surface area contributed by atoms with Gasteiger partial charge in [0.05, 0.1) is 5.75 Å². The van der Waals surface area contributed by atoms with Crippen molar-refractivity contribution in [3.05, 3.63) is 5.75 Å². The predicted octanol–water partition coefficient (Wildman–Crippen LogP) is 0.388. The van der Waals surface area contributed by atoms with E-state index in [4.69, 9.17) is 11.6 Å². The highest BCUT2D eigenvalue weighted by molar-refractivity contribution is 7.74. The molecule has 0 spiro atoms. The summed E-state index contributed by atoms with van der Waals surface area (Å²) in [6.07, 6.45) is 0.445. The Morgan fingerprint density at radius 1 is 1.57 bits per heavy atom. The van der Waals surface area contributed by atoms with Crippen LogP contribution >= 0.6 is 11.6 Å². The van der Waals surface area contributed by atoms with Crippen LogP contribution in [-0.2, 0) is 10.7 Å². The van der Waals surface area contributed by atoms with Gasteiger partial charge < -0.3 is 0 Å². The minimum Gasteiger partial charge on any atom is -0.232 e. The summed E-state index contributed by atoms with van der Waals surface area (Å²) in [7, 11) is -2.32. The third-order valence-corrected chi connectivity index (χ3v) is 1.16. The highest BCUT2D eigenvalue weighted by atomic mass is 35.5. The fourth-order valence-corrected chi connectivity index (χ4v) is 0.755. The normalized spacial score (nSPS) is 10.0. The van der Waals surface area contributed by atoms with E-state index in [0.717, 1.165) is 0 Å². The van der Waals surface area contributed by atoms with Crippen molar-refractivity contribution in [1.82, 2.24) is 0 Å². The van der Waals surface area contributed by atoms with Crippen molar-refractivity contribution in [2.24, 2.45) is 0 Å². The maximum absolute atomic E-state index is 9.68. The Morgan fingerprint density at radius 3 is 2.29 bits per heavy atom. The fourth-order valence-electron chi connectivity index (χ4n) is 0.154. The molecule has 0 saturated heterocycles. The monoisotopic (exact) mass is 141 g/mol. The standard InChI is InChI=1S/C3H6ClO2S/c4-2-1-3-7(5)6/h3,7H,1-2H2. The van der Waals surface area contributed by atoms with E-state index < -0.39 is 10.7 Å². The number of halogens is 1. The molecule has 0 heterocycles. The third kappa shape index (κ3) is 6.24. The van der Waals surface area contributed by atoms with Gasteiger partial charge in [-0.15, -0.1) is 11.6 Å². The van der Waals surface area contributed by atoms with Crippen LogP contribution < -0.4 is 0 Å². The number of rotatable bonds is 3. The van der Waals surface area contributed by atoms with E-state index in [-0.39, 0.29) is 0 Å². The average Bonchev–Trinajstić information content (AvgIpc) is 1.61. The third-order valence-electron chi connectivity index (χ3n) is 0.387. The molecule has 1 radical (unpaired) electrons. The van der Waals surface area contributed by atoms with E-state index in [1.165, 1.54) is 5.75 Å². The molecule has 43 valence electrons. The molecule has 0 atom stereocenters. The topological polar surface area (TPSA) is 34.1 Å². The van der Waals surface area contributed by atoms with Crippen LogP contribution in [0.5, 0.6) is 0 Å². The molecule has 0 amide bonds. The lowest BCUT2D eigenvalue weighted by molar-refractivity contribution is 0.618. The summed E-state index contributed by atoms with van der Waals surface area (Å²) >= 11 is 5.15. The first-order chi connectivity index (χ1) is 3.27. The number of hydrogen-bond acceptors (Lipinski definition) is 2. The van der Waals surface area contributed by atoms with Crippen molar-refractivity contribution in [2.75, 3.05) is 5.88 Å². The van der Waals surface area contributed by atoms with Crippen molar-refractivity contribution in [1.29, 1.82) is 0 Å². The zero-order chi connectivity index (χ0) is 5.70. The molecule has 0 aliphatic heterocycles. The molecule has 4 heteroatoms. The molecule has 0 unspecified atom stereocenters. The zero-order valence-corrected chi connectivity index (χ0v) is 5.28. The number of hydrogen-bond donors (Lipinski definition) is 1. The lowest BCUT2D eigenvalue weighted by atomic mass is 10.6. The zero-order valence-electron chi connectivity index (χ0n) is 3.63.